The zero-order chi connectivity index (χ0) is 12.8. The quantitative estimate of drug-likeness (QED) is 0.539. The summed E-state index contributed by atoms with van der Waals surface area (Å²) in [6, 6.07) is 18.1. The molecule has 2 aromatic rings. The minimum absolute atomic E-state index is 1.26. The predicted molar refractivity (Wildman–Crippen MR) is 93.2 cm³/mol. The van der Waals surface area contributed by atoms with Gasteiger partial charge in [-0.05, 0) is 0 Å². The van der Waals surface area contributed by atoms with Crippen LogP contribution >= 0.6 is 26.3 Å². The summed E-state index contributed by atoms with van der Waals surface area (Å²) in [4.78, 5) is 0. The van der Waals surface area contributed by atoms with Crippen molar-refractivity contribution in [2.75, 3.05) is 12.3 Å². The number of halogens is 1. The second-order valence-corrected chi connectivity index (χ2v) is 17.0. The van der Waals surface area contributed by atoms with Gasteiger partial charge in [0, 0.05) is 0 Å². The van der Waals surface area contributed by atoms with E-state index in [0.29, 0.717) is 0 Å². The van der Waals surface area contributed by atoms with Gasteiger partial charge in [0.05, 0.1) is 0 Å². The van der Waals surface area contributed by atoms with E-state index in [1.54, 1.807) is 10.6 Å². The molecular formula is C16H18IP. The third kappa shape index (κ3) is 1.35. The molecule has 0 radical (unpaired) electrons. The van der Waals surface area contributed by atoms with Crippen LogP contribution in [0.4, 0.5) is 0 Å². The summed E-state index contributed by atoms with van der Waals surface area (Å²) in [6.45, 7) is 4.74. The van der Waals surface area contributed by atoms with E-state index in [9.17, 15) is 0 Å². The molecule has 0 bridgehead atoms. The van der Waals surface area contributed by atoms with Gasteiger partial charge in [-0.2, -0.15) is 0 Å². The van der Waals surface area contributed by atoms with Crippen LogP contribution in [-0.2, 0) is 0 Å². The van der Waals surface area contributed by atoms with Gasteiger partial charge >= 0.3 is 123 Å². The number of fused-ring (bicyclic) bond motifs is 3. The molecule has 0 atom stereocenters. The summed E-state index contributed by atoms with van der Waals surface area (Å²) in [5.41, 5.74) is 2.95. The molecule has 2 heteroatoms. The van der Waals surface area contributed by atoms with E-state index in [-0.39, 0.29) is 0 Å². The van der Waals surface area contributed by atoms with Gasteiger partial charge < -0.3 is 0 Å². The zero-order valence-corrected chi connectivity index (χ0v) is 13.9. The number of rotatable bonds is 2. The fraction of sp³-hybridized carbons (Fsp3) is 0.250. The summed E-state index contributed by atoms with van der Waals surface area (Å²) in [7, 11) is 0. The molecule has 3 rings (SSSR count). The molecule has 0 fully saturated rings. The average molecular weight is 368 g/mol. The van der Waals surface area contributed by atoms with Gasteiger partial charge in [0.25, 0.3) is 0 Å². The van der Waals surface area contributed by atoms with Crippen LogP contribution in [0.1, 0.15) is 13.8 Å². The first-order valence-corrected chi connectivity index (χ1v) is 12.0. The van der Waals surface area contributed by atoms with Crippen LogP contribution in [0.15, 0.2) is 48.5 Å². The molecule has 0 spiro atoms. The molecule has 0 aliphatic carbocycles. The molecular weight excluding hydrogens is 350 g/mol. The number of benzene rings is 2. The Bertz CT molecular complexity index is 564. The molecule has 0 saturated heterocycles. The van der Waals surface area contributed by atoms with Crippen molar-refractivity contribution in [2.45, 2.75) is 13.8 Å². The summed E-state index contributed by atoms with van der Waals surface area (Å²) in [6.07, 6.45) is 2.52. The first-order valence-electron chi connectivity index (χ1n) is 6.57. The van der Waals surface area contributed by atoms with Crippen LogP contribution in [0, 0.1) is 0 Å². The van der Waals surface area contributed by atoms with Crippen molar-refractivity contribution in [3.63, 3.8) is 0 Å². The molecule has 0 N–H and O–H groups in total. The topological polar surface area (TPSA) is 0 Å². The average Bonchev–Trinajstić information content (AvgIpc) is 2.69. The van der Waals surface area contributed by atoms with E-state index < -0.39 is 4.25 Å². The number of hydrogen-bond donors (Lipinski definition) is 0. The molecule has 0 saturated carbocycles. The first kappa shape index (κ1) is 12.6. The molecule has 0 aromatic heterocycles. The van der Waals surface area contributed by atoms with Crippen molar-refractivity contribution in [2.24, 2.45) is 0 Å². The second-order valence-electron chi connectivity index (χ2n) is 5.04. The summed E-state index contributed by atoms with van der Waals surface area (Å²) in [5.74, 6) is 0. The van der Waals surface area contributed by atoms with Crippen molar-refractivity contribution in [3.8, 4) is 11.1 Å². The van der Waals surface area contributed by atoms with Crippen molar-refractivity contribution >= 4 is 36.9 Å². The van der Waals surface area contributed by atoms with Gasteiger partial charge in [-0.25, -0.2) is 0 Å². The normalized spacial score (nSPS) is 20.5. The van der Waals surface area contributed by atoms with Crippen LogP contribution in [0.25, 0.3) is 11.1 Å². The standard InChI is InChI=1S/C16H18IP/c1-3-18(17,4-2)15-11-7-5-9-13(15)14-10-6-8-12-16(14)18/h5-12H,3-4H2,1-2H3. The molecule has 1 aliphatic rings. The molecule has 1 aliphatic heterocycles. The van der Waals surface area contributed by atoms with E-state index in [2.05, 4.69) is 84.4 Å². The molecule has 0 amide bonds. The Labute approximate surface area is 122 Å². The van der Waals surface area contributed by atoms with Crippen LogP contribution in [0.5, 0.6) is 0 Å². The van der Waals surface area contributed by atoms with E-state index in [1.807, 2.05) is 0 Å². The van der Waals surface area contributed by atoms with Crippen LogP contribution < -0.4 is 10.6 Å². The predicted octanol–water partition coefficient (Wildman–Crippen LogP) is 4.56. The van der Waals surface area contributed by atoms with Crippen LogP contribution in [0.3, 0.4) is 0 Å². The van der Waals surface area contributed by atoms with Gasteiger partial charge in [0.15, 0.2) is 0 Å². The first-order chi connectivity index (χ1) is 8.64. The van der Waals surface area contributed by atoms with E-state index in [4.69, 9.17) is 0 Å². The molecule has 1 heterocycles. The van der Waals surface area contributed by atoms with Gasteiger partial charge in [-0.15, -0.1) is 0 Å². The Kier molecular flexibility index (Phi) is 2.84. The zero-order valence-electron chi connectivity index (χ0n) is 10.9. The van der Waals surface area contributed by atoms with Crippen molar-refractivity contribution in [1.82, 2.24) is 0 Å². The Balaban J connectivity index is 2.48. The van der Waals surface area contributed by atoms with Crippen molar-refractivity contribution < 1.29 is 0 Å². The Morgan fingerprint density at radius 1 is 0.778 bits per heavy atom. The van der Waals surface area contributed by atoms with Crippen LogP contribution in [0.2, 0.25) is 0 Å². The molecule has 0 unspecified atom stereocenters. The van der Waals surface area contributed by atoms with Crippen LogP contribution in [-0.4, -0.2) is 12.3 Å². The van der Waals surface area contributed by atoms with Gasteiger partial charge in [-0.3, -0.25) is 0 Å². The third-order valence-electron chi connectivity index (χ3n) is 4.52. The molecule has 0 nitrogen and oxygen atoms in total. The number of hydrogen-bond acceptors (Lipinski definition) is 0. The van der Waals surface area contributed by atoms with Gasteiger partial charge in [0.1, 0.15) is 0 Å². The fourth-order valence-corrected chi connectivity index (χ4v) is 10.3. The van der Waals surface area contributed by atoms with E-state index in [0.717, 1.165) is 0 Å². The van der Waals surface area contributed by atoms with Crippen molar-refractivity contribution in [1.29, 1.82) is 0 Å². The minimum atomic E-state index is -1.94. The Morgan fingerprint density at radius 3 is 1.56 bits per heavy atom. The van der Waals surface area contributed by atoms with E-state index in [1.165, 1.54) is 23.5 Å². The monoisotopic (exact) mass is 368 g/mol. The third-order valence-corrected chi connectivity index (χ3v) is 17.4. The summed E-state index contributed by atoms with van der Waals surface area (Å²) < 4.78 is -1.94. The Morgan fingerprint density at radius 2 is 1.17 bits per heavy atom. The summed E-state index contributed by atoms with van der Waals surface area (Å²) in [5, 5.41) is 3.24. The maximum absolute atomic E-state index is 2.84. The van der Waals surface area contributed by atoms with E-state index >= 15 is 0 Å². The molecule has 18 heavy (non-hydrogen) atoms. The summed E-state index contributed by atoms with van der Waals surface area (Å²) >= 11 is 2.84. The van der Waals surface area contributed by atoms with Crippen molar-refractivity contribution in [3.05, 3.63) is 48.5 Å². The SMILES string of the molecule is CCP1(I)(CC)c2ccccc2-c2ccccc21. The molecule has 2 aromatic carbocycles. The fourth-order valence-electron chi connectivity index (χ4n) is 3.33. The molecule has 94 valence electrons. The van der Waals surface area contributed by atoms with Gasteiger partial charge in [-0.1, -0.05) is 0 Å². The second kappa shape index (κ2) is 4.05. The Hall–Kier alpha value is -0.400. The maximum atomic E-state index is 2.84. The van der Waals surface area contributed by atoms with Gasteiger partial charge in [0.2, 0.25) is 0 Å².